The first-order chi connectivity index (χ1) is 10.8. The molecule has 1 saturated heterocycles. The van der Waals surface area contributed by atoms with E-state index in [0.717, 1.165) is 38.9 Å². The van der Waals surface area contributed by atoms with Crippen molar-refractivity contribution in [2.45, 2.75) is 58.6 Å². The predicted octanol–water partition coefficient (Wildman–Crippen LogP) is 2.01. The Bertz CT molecular complexity index is 344. The van der Waals surface area contributed by atoms with Gasteiger partial charge in [-0.15, -0.1) is 0 Å². The number of aliphatic hydroxyl groups is 1. The summed E-state index contributed by atoms with van der Waals surface area (Å²) in [5.74, 6) is 0.511. The molecular formula is C17H34N2O4. The predicted molar refractivity (Wildman–Crippen MR) is 90.5 cm³/mol. The molecular weight excluding hydrogens is 296 g/mol. The lowest BCUT2D eigenvalue weighted by atomic mass is 9.92. The second-order valence-electron chi connectivity index (χ2n) is 7.36. The molecule has 1 heterocycles. The molecule has 1 rings (SSSR count). The van der Waals surface area contributed by atoms with Gasteiger partial charge in [-0.05, 0) is 52.9 Å². The maximum absolute atomic E-state index is 12.2. The van der Waals surface area contributed by atoms with Crippen molar-refractivity contribution < 1.29 is 19.4 Å². The largest absolute Gasteiger partial charge is 0.444 e. The second kappa shape index (κ2) is 10.1. The molecule has 2 N–H and O–H groups in total. The lowest BCUT2D eigenvalue weighted by molar-refractivity contribution is 0.0156. The number of aliphatic hydroxyl groups excluding tert-OH is 1. The summed E-state index contributed by atoms with van der Waals surface area (Å²) < 4.78 is 10.7. The minimum absolute atomic E-state index is 0.0676. The lowest BCUT2D eigenvalue weighted by Gasteiger charge is -2.35. The number of piperidine rings is 1. The van der Waals surface area contributed by atoms with E-state index in [1.165, 1.54) is 0 Å². The van der Waals surface area contributed by atoms with Crippen molar-refractivity contribution in [1.82, 2.24) is 10.2 Å². The lowest BCUT2D eigenvalue weighted by Crippen LogP contribution is -2.44. The van der Waals surface area contributed by atoms with E-state index >= 15 is 0 Å². The zero-order chi connectivity index (χ0) is 17.3. The number of likely N-dealkylation sites (tertiary alicyclic amines) is 1. The Balaban J connectivity index is 2.27. The van der Waals surface area contributed by atoms with Gasteiger partial charge in [0.05, 0.1) is 19.8 Å². The molecule has 136 valence electrons. The Morgan fingerprint density at radius 3 is 2.78 bits per heavy atom. The summed E-state index contributed by atoms with van der Waals surface area (Å²) in [5.41, 5.74) is -0.437. The summed E-state index contributed by atoms with van der Waals surface area (Å²) in [7, 11) is 0. The van der Waals surface area contributed by atoms with Gasteiger partial charge in [0.25, 0.3) is 0 Å². The van der Waals surface area contributed by atoms with Gasteiger partial charge in [-0.3, -0.25) is 0 Å². The molecule has 6 heteroatoms. The van der Waals surface area contributed by atoms with Crippen LogP contribution in [0, 0.1) is 5.92 Å². The van der Waals surface area contributed by atoms with Gasteiger partial charge in [0.2, 0.25) is 0 Å². The van der Waals surface area contributed by atoms with E-state index < -0.39 is 5.60 Å². The molecule has 0 aliphatic carbocycles. The molecule has 1 aliphatic heterocycles. The van der Waals surface area contributed by atoms with Crippen LogP contribution in [0.1, 0.15) is 47.0 Å². The zero-order valence-corrected chi connectivity index (χ0v) is 15.1. The Morgan fingerprint density at radius 2 is 2.13 bits per heavy atom. The fourth-order valence-corrected chi connectivity index (χ4v) is 2.88. The minimum Gasteiger partial charge on any atom is -0.444 e. The average Bonchev–Trinajstić information content (AvgIpc) is 2.45. The summed E-state index contributed by atoms with van der Waals surface area (Å²) >= 11 is 0. The van der Waals surface area contributed by atoms with Gasteiger partial charge in [-0.2, -0.15) is 0 Å². The molecule has 0 saturated carbocycles. The highest BCUT2D eigenvalue weighted by molar-refractivity contribution is 5.68. The Hall–Kier alpha value is -0.850. The minimum atomic E-state index is -0.437. The third kappa shape index (κ3) is 9.13. The van der Waals surface area contributed by atoms with Crippen LogP contribution in [-0.2, 0) is 9.47 Å². The molecule has 0 spiro atoms. The van der Waals surface area contributed by atoms with Gasteiger partial charge < -0.3 is 24.8 Å². The standard InChI is InChI=1S/C17H34N2O4/c1-14(18-7-10-22-11-9-20)12-15-6-5-8-19(13-15)16(21)23-17(2,3)4/h14-15,18,20H,5-13H2,1-4H3. The summed E-state index contributed by atoms with van der Waals surface area (Å²) in [6.07, 6.45) is 3.04. The van der Waals surface area contributed by atoms with E-state index in [1.54, 1.807) is 0 Å². The van der Waals surface area contributed by atoms with Gasteiger partial charge in [0.15, 0.2) is 0 Å². The van der Waals surface area contributed by atoms with Crippen molar-refractivity contribution in [3.05, 3.63) is 0 Å². The molecule has 1 fully saturated rings. The molecule has 0 aromatic rings. The van der Waals surface area contributed by atoms with Crippen molar-refractivity contribution in [3.8, 4) is 0 Å². The van der Waals surface area contributed by atoms with E-state index in [9.17, 15) is 4.79 Å². The maximum atomic E-state index is 12.2. The molecule has 0 bridgehead atoms. The summed E-state index contributed by atoms with van der Waals surface area (Å²) in [5, 5.41) is 12.1. The number of rotatable bonds is 8. The van der Waals surface area contributed by atoms with Crippen molar-refractivity contribution in [1.29, 1.82) is 0 Å². The number of hydrogen-bond donors (Lipinski definition) is 2. The van der Waals surface area contributed by atoms with E-state index in [-0.39, 0.29) is 12.7 Å². The molecule has 6 nitrogen and oxygen atoms in total. The SMILES string of the molecule is CC(CC1CCCN(C(=O)OC(C)(C)C)C1)NCCOCCO. The quantitative estimate of drug-likeness (QED) is 0.666. The van der Waals surface area contributed by atoms with Crippen LogP contribution in [0.3, 0.4) is 0 Å². The number of carbonyl (C=O) groups is 1. The molecule has 1 aliphatic rings. The molecule has 2 atom stereocenters. The van der Waals surface area contributed by atoms with E-state index in [1.807, 2.05) is 25.7 Å². The van der Waals surface area contributed by atoms with Crippen LogP contribution in [0.2, 0.25) is 0 Å². The molecule has 2 unspecified atom stereocenters. The summed E-state index contributed by atoms with van der Waals surface area (Å²) in [6.45, 7) is 11.3. The summed E-state index contributed by atoms with van der Waals surface area (Å²) in [6, 6.07) is 0.385. The van der Waals surface area contributed by atoms with Crippen molar-refractivity contribution in [3.63, 3.8) is 0 Å². The van der Waals surface area contributed by atoms with Crippen LogP contribution in [0.5, 0.6) is 0 Å². The zero-order valence-electron chi connectivity index (χ0n) is 15.1. The third-order valence-electron chi connectivity index (χ3n) is 3.83. The van der Waals surface area contributed by atoms with Crippen LogP contribution < -0.4 is 5.32 Å². The van der Waals surface area contributed by atoms with Crippen LogP contribution in [0.25, 0.3) is 0 Å². The Morgan fingerprint density at radius 1 is 1.39 bits per heavy atom. The van der Waals surface area contributed by atoms with Crippen LogP contribution >= 0.6 is 0 Å². The monoisotopic (exact) mass is 330 g/mol. The van der Waals surface area contributed by atoms with Gasteiger partial charge >= 0.3 is 6.09 Å². The normalized spacial score (nSPS) is 20.4. The van der Waals surface area contributed by atoms with Crippen LogP contribution in [0.15, 0.2) is 0 Å². The first kappa shape index (κ1) is 20.2. The highest BCUT2D eigenvalue weighted by Crippen LogP contribution is 2.22. The van der Waals surface area contributed by atoms with Crippen LogP contribution in [-0.4, -0.2) is 67.2 Å². The fourth-order valence-electron chi connectivity index (χ4n) is 2.88. The van der Waals surface area contributed by atoms with Crippen LogP contribution in [0.4, 0.5) is 4.79 Å². The van der Waals surface area contributed by atoms with Gasteiger partial charge in [0, 0.05) is 25.7 Å². The van der Waals surface area contributed by atoms with E-state index in [0.29, 0.717) is 25.2 Å². The molecule has 0 aromatic heterocycles. The molecule has 23 heavy (non-hydrogen) atoms. The Labute approximate surface area is 140 Å². The van der Waals surface area contributed by atoms with E-state index in [4.69, 9.17) is 14.6 Å². The molecule has 0 aromatic carbocycles. The van der Waals surface area contributed by atoms with Gasteiger partial charge in [-0.1, -0.05) is 0 Å². The number of amides is 1. The summed E-state index contributed by atoms with van der Waals surface area (Å²) in [4.78, 5) is 14.0. The fraction of sp³-hybridized carbons (Fsp3) is 0.941. The highest BCUT2D eigenvalue weighted by atomic mass is 16.6. The van der Waals surface area contributed by atoms with Gasteiger partial charge in [0.1, 0.15) is 5.60 Å². The highest BCUT2D eigenvalue weighted by Gasteiger charge is 2.28. The molecule has 0 radical (unpaired) electrons. The molecule has 1 amide bonds. The maximum Gasteiger partial charge on any atom is 0.410 e. The number of nitrogens with one attached hydrogen (secondary N) is 1. The second-order valence-corrected chi connectivity index (χ2v) is 7.36. The number of ether oxygens (including phenoxy) is 2. The van der Waals surface area contributed by atoms with Gasteiger partial charge in [-0.25, -0.2) is 4.79 Å². The van der Waals surface area contributed by atoms with E-state index in [2.05, 4.69) is 12.2 Å². The van der Waals surface area contributed by atoms with Crippen molar-refractivity contribution in [2.24, 2.45) is 5.92 Å². The van der Waals surface area contributed by atoms with Crippen molar-refractivity contribution in [2.75, 3.05) is 39.5 Å². The smallest absolute Gasteiger partial charge is 0.410 e. The Kier molecular flexibility index (Phi) is 8.87. The number of hydrogen-bond acceptors (Lipinski definition) is 5. The first-order valence-electron chi connectivity index (χ1n) is 8.71. The van der Waals surface area contributed by atoms with Crippen molar-refractivity contribution >= 4 is 6.09 Å². The number of carbonyl (C=O) groups excluding carboxylic acids is 1. The number of nitrogens with zero attached hydrogens (tertiary/aromatic N) is 1. The topological polar surface area (TPSA) is 71.0 Å². The third-order valence-corrected chi connectivity index (χ3v) is 3.83. The first-order valence-corrected chi connectivity index (χ1v) is 8.71. The average molecular weight is 330 g/mol.